The Kier molecular flexibility index (Phi) is 5.76. The fourth-order valence-electron chi connectivity index (χ4n) is 6.07. The molecule has 2 aliphatic carbocycles. The Morgan fingerprint density at radius 3 is 2.59 bits per heavy atom. The lowest BCUT2D eigenvalue weighted by atomic mass is 9.61. The topological polar surface area (TPSA) is 87.9 Å². The molecule has 0 radical (unpaired) electrons. The summed E-state index contributed by atoms with van der Waals surface area (Å²) in [4.78, 5) is 29.4. The van der Waals surface area contributed by atoms with Gasteiger partial charge in [0, 0.05) is 36.3 Å². The lowest BCUT2D eigenvalue weighted by molar-refractivity contribution is 0.00456. The average molecular weight is 463 g/mol. The predicted octanol–water partition coefficient (Wildman–Crippen LogP) is 3.62. The van der Waals surface area contributed by atoms with E-state index in [-0.39, 0.29) is 23.5 Å². The molecule has 34 heavy (non-hydrogen) atoms. The van der Waals surface area contributed by atoms with E-state index < -0.39 is 5.91 Å². The summed E-state index contributed by atoms with van der Waals surface area (Å²) >= 11 is 0. The number of benzene rings is 2. The molecule has 3 atom stereocenters. The number of nitrogens with zero attached hydrogens (tertiary/aromatic N) is 2. The highest BCUT2D eigenvalue weighted by atomic mass is 16.5. The van der Waals surface area contributed by atoms with Crippen molar-refractivity contribution in [3.63, 3.8) is 0 Å². The first-order valence-electron chi connectivity index (χ1n) is 12.2. The maximum Gasteiger partial charge on any atom is 0.321 e. The minimum absolute atomic E-state index is 0.0319. The minimum atomic E-state index is -0.484. The molecule has 5 rings (SSSR count). The molecule has 2 aromatic rings. The van der Waals surface area contributed by atoms with Gasteiger partial charge in [-0.3, -0.25) is 9.69 Å². The number of likely N-dealkylation sites (N-methyl/N-ethyl adjacent to an activating group) is 1. The molecule has 7 nitrogen and oxygen atoms in total. The van der Waals surface area contributed by atoms with E-state index in [4.69, 9.17) is 10.5 Å². The van der Waals surface area contributed by atoms with Crippen molar-refractivity contribution >= 4 is 17.6 Å². The average Bonchev–Trinajstić information content (AvgIpc) is 3.65. The van der Waals surface area contributed by atoms with E-state index >= 15 is 0 Å². The number of piperidine rings is 1. The molecule has 2 bridgehead atoms. The zero-order valence-corrected chi connectivity index (χ0v) is 20.2. The quantitative estimate of drug-likeness (QED) is 0.686. The van der Waals surface area contributed by atoms with Crippen molar-refractivity contribution in [1.82, 2.24) is 9.80 Å². The molecule has 7 heteroatoms. The highest BCUT2D eigenvalue weighted by molar-refractivity contribution is 5.94. The first-order valence-corrected chi connectivity index (χ1v) is 12.2. The van der Waals surface area contributed by atoms with Crippen molar-refractivity contribution in [3.05, 3.63) is 59.2 Å². The monoisotopic (exact) mass is 462 g/mol. The van der Waals surface area contributed by atoms with Gasteiger partial charge in [-0.2, -0.15) is 0 Å². The number of carbonyl (C=O) groups is 2. The molecule has 1 saturated carbocycles. The number of ether oxygens (including phenoxy) is 1. The molecule has 1 saturated heterocycles. The maximum atomic E-state index is 13.5. The second kappa shape index (κ2) is 8.62. The number of hydrogen-bond donors (Lipinski definition) is 2. The summed E-state index contributed by atoms with van der Waals surface area (Å²) in [5.74, 6) is 1.17. The number of rotatable bonds is 6. The predicted molar refractivity (Wildman–Crippen MR) is 132 cm³/mol. The number of methoxy groups -OCH3 is 1. The zero-order chi connectivity index (χ0) is 24.0. The number of amides is 3. The van der Waals surface area contributed by atoms with Gasteiger partial charge in [0.2, 0.25) is 5.91 Å². The lowest BCUT2D eigenvalue weighted by Gasteiger charge is -2.58. The van der Waals surface area contributed by atoms with Crippen LogP contribution in [-0.4, -0.2) is 61.1 Å². The number of hydrogen-bond acceptors (Lipinski definition) is 4. The number of primary amides is 1. The third-order valence-corrected chi connectivity index (χ3v) is 8.11. The molecule has 0 spiro atoms. The van der Waals surface area contributed by atoms with Crippen LogP contribution in [0.1, 0.15) is 47.7 Å². The molecule has 1 heterocycles. The molecule has 2 aromatic carbocycles. The maximum absolute atomic E-state index is 13.5. The summed E-state index contributed by atoms with van der Waals surface area (Å²) in [5.41, 5.74) is 8.89. The fourth-order valence-corrected chi connectivity index (χ4v) is 6.07. The van der Waals surface area contributed by atoms with Crippen LogP contribution < -0.4 is 15.8 Å². The number of nitrogens with one attached hydrogen (secondary N) is 1. The SMILES string of the molecule is COc1ccc2c(c1)C1(C)CCN(CC3CC3)C(C2)C1N(C)C(=O)Nc1ccc(C(N)=O)cc1. The van der Waals surface area contributed by atoms with Crippen molar-refractivity contribution in [1.29, 1.82) is 0 Å². The smallest absolute Gasteiger partial charge is 0.321 e. The summed E-state index contributed by atoms with van der Waals surface area (Å²) in [6, 6.07) is 13.3. The van der Waals surface area contributed by atoms with E-state index in [1.807, 2.05) is 11.9 Å². The van der Waals surface area contributed by atoms with E-state index in [2.05, 4.69) is 35.3 Å². The van der Waals surface area contributed by atoms with Crippen molar-refractivity contribution < 1.29 is 14.3 Å². The van der Waals surface area contributed by atoms with Crippen LogP contribution in [0.15, 0.2) is 42.5 Å². The van der Waals surface area contributed by atoms with Gasteiger partial charge >= 0.3 is 6.03 Å². The van der Waals surface area contributed by atoms with Crippen molar-refractivity contribution in [3.8, 4) is 5.75 Å². The van der Waals surface area contributed by atoms with Crippen molar-refractivity contribution in [2.24, 2.45) is 11.7 Å². The van der Waals surface area contributed by atoms with Crippen LogP contribution in [-0.2, 0) is 11.8 Å². The fraction of sp³-hybridized carbons (Fsp3) is 0.481. The normalized spacial score (nSPS) is 25.9. The number of nitrogens with two attached hydrogens (primary N) is 1. The third kappa shape index (κ3) is 4.02. The van der Waals surface area contributed by atoms with Crippen LogP contribution in [0.5, 0.6) is 5.75 Å². The van der Waals surface area contributed by atoms with Gasteiger partial charge in [0.25, 0.3) is 0 Å². The van der Waals surface area contributed by atoms with Gasteiger partial charge in [-0.1, -0.05) is 13.0 Å². The second-order valence-corrected chi connectivity index (χ2v) is 10.3. The minimum Gasteiger partial charge on any atom is -0.497 e. The van der Waals surface area contributed by atoms with Gasteiger partial charge in [0.15, 0.2) is 0 Å². The van der Waals surface area contributed by atoms with E-state index in [0.717, 1.165) is 37.6 Å². The number of likely N-dealkylation sites (tertiary alicyclic amines) is 1. The second-order valence-electron chi connectivity index (χ2n) is 10.3. The van der Waals surface area contributed by atoms with Gasteiger partial charge in [0.05, 0.1) is 13.2 Å². The zero-order valence-electron chi connectivity index (χ0n) is 20.2. The van der Waals surface area contributed by atoms with Crippen molar-refractivity contribution in [2.75, 3.05) is 32.6 Å². The van der Waals surface area contributed by atoms with Gasteiger partial charge < -0.3 is 20.7 Å². The van der Waals surface area contributed by atoms with Gasteiger partial charge in [-0.25, -0.2) is 4.79 Å². The van der Waals surface area contributed by atoms with E-state index in [9.17, 15) is 9.59 Å². The summed E-state index contributed by atoms with van der Waals surface area (Å²) in [7, 11) is 3.61. The molecule has 3 unspecified atom stereocenters. The summed E-state index contributed by atoms with van der Waals surface area (Å²) < 4.78 is 5.56. The summed E-state index contributed by atoms with van der Waals surface area (Å²) in [5, 5.41) is 3.02. The largest absolute Gasteiger partial charge is 0.497 e. The Hall–Kier alpha value is -3.06. The first kappa shape index (κ1) is 22.7. The van der Waals surface area contributed by atoms with Crippen LogP contribution >= 0.6 is 0 Å². The standard InChI is InChI=1S/C27H34N4O3/c1-27-12-13-31(16-17-4-5-17)23(14-19-8-11-21(34-3)15-22(19)27)24(27)30(2)26(33)29-20-9-6-18(7-10-20)25(28)32/h6-11,15,17,23-24H,4-5,12-14,16H2,1-3H3,(H2,28,32)(H,29,33). The highest BCUT2D eigenvalue weighted by Crippen LogP contribution is 2.48. The first-order chi connectivity index (χ1) is 16.3. The molecule has 1 aliphatic heterocycles. The molecule has 3 amide bonds. The van der Waals surface area contributed by atoms with Gasteiger partial charge in [0.1, 0.15) is 5.75 Å². The molecule has 2 fully saturated rings. The Morgan fingerprint density at radius 2 is 1.94 bits per heavy atom. The number of urea groups is 1. The molecular formula is C27H34N4O3. The van der Waals surface area contributed by atoms with Crippen LogP contribution in [0.2, 0.25) is 0 Å². The Labute approximate surface area is 201 Å². The lowest BCUT2D eigenvalue weighted by Crippen LogP contribution is -2.68. The summed E-state index contributed by atoms with van der Waals surface area (Å²) in [6.07, 6.45) is 4.55. The van der Waals surface area contributed by atoms with Crippen molar-refractivity contribution in [2.45, 2.75) is 50.1 Å². The summed E-state index contributed by atoms with van der Waals surface area (Å²) in [6.45, 7) is 4.48. The van der Waals surface area contributed by atoms with E-state index in [0.29, 0.717) is 11.3 Å². The molecule has 180 valence electrons. The molecule has 3 N–H and O–H groups in total. The van der Waals surface area contributed by atoms with Gasteiger partial charge in [-0.05, 0) is 85.7 Å². The Balaban J connectivity index is 1.45. The number of carbonyl (C=O) groups excluding carboxylic acids is 2. The van der Waals surface area contributed by atoms with Crippen LogP contribution in [0.25, 0.3) is 0 Å². The van der Waals surface area contributed by atoms with Gasteiger partial charge in [-0.15, -0.1) is 0 Å². The Bertz CT molecular complexity index is 1100. The van der Waals surface area contributed by atoms with E-state index in [1.165, 1.54) is 24.0 Å². The van der Waals surface area contributed by atoms with Crippen LogP contribution in [0, 0.1) is 5.92 Å². The molecule has 3 aliphatic rings. The molecule has 0 aromatic heterocycles. The van der Waals surface area contributed by atoms with E-state index in [1.54, 1.807) is 31.4 Å². The third-order valence-electron chi connectivity index (χ3n) is 8.11. The van der Waals surface area contributed by atoms with Crippen LogP contribution in [0.4, 0.5) is 10.5 Å². The highest BCUT2D eigenvalue weighted by Gasteiger charge is 2.53. The molecular weight excluding hydrogens is 428 g/mol. The Morgan fingerprint density at radius 1 is 1.21 bits per heavy atom. The van der Waals surface area contributed by atoms with Crippen LogP contribution in [0.3, 0.4) is 0 Å². The number of fused-ring (bicyclic) bond motifs is 4. The number of anilines is 1.